The van der Waals surface area contributed by atoms with E-state index in [1.807, 2.05) is 7.05 Å². The third-order valence-electron chi connectivity index (χ3n) is 3.95. The van der Waals surface area contributed by atoms with Gasteiger partial charge in [-0.25, -0.2) is 0 Å². The first-order valence-electron chi connectivity index (χ1n) is 6.80. The minimum Gasteiger partial charge on any atom is -0.487 e. The quantitative estimate of drug-likeness (QED) is 0.887. The molecule has 3 heteroatoms. The van der Waals surface area contributed by atoms with Crippen LogP contribution in [0.15, 0.2) is 22.7 Å². The lowest BCUT2D eigenvalue weighted by Gasteiger charge is -2.42. The van der Waals surface area contributed by atoms with Crippen molar-refractivity contribution in [2.45, 2.75) is 51.2 Å². The molecule has 0 fully saturated rings. The second kappa shape index (κ2) is 5.62. The molecule has 0 radical (unpaired) electrons. The molecule has 2 atom stereocenters. The number of benzene rings is 1. The summed E-state index contributed by atoms with van der Waals surface area (Å²) in [6.45, 7) is 4.46. The molecule has 0 spiro atoms. The van der Waals surface area contributed by atoms with Gasteiger partial charge in [0.15, 0.2) is 0 Å². The Morgan fingerprint density at radius 2 is 2.22 bits per heavy atom. The SMILES string of the molecule is CCCC1(CC)CC(NC)c2ccc(Br)cc2O1. The van der Waals surface area contributed by atoms with Crippen LogP contribution in [0.4, 0.5) is 0 Å². The summed E-state index contributed by atoms with van der Waals surface area (Å²) in [5, 5.41) is 3.43. The number of hydrogen-bond acceptors (Lipinski definition) is 2. The van der Waals surface area contributed by atoms with Gasteiger partial charge in [0.1, 0.15) is 11.4 Å². The van der Waals surface area contributed by atoms with Crippen LogP contribution in [0.2, 0.25) is 0 Å². The van der Waals surface area contributed by atoms with E-state index in [-0.39, 0.29) is 5.60 Å². The zero-order valence-electron chi connectivity index (χ0n) is 11.4. The van der Waals surface area contributed by atoms with Gasteiger partial charge >= 0.3 is 0 Å². The molecule has 1 aliphatic rings. The number of hydrogen-bond donors (Lipinski definition) is 1. The van der Waals surface area contributed by atoms with Crippen molar-refractivity contribution < 1.29 is 4.74 Å². The maximum Gasteiger partial charge on any atom is 0.126 e. The normalized spacial score (nSPS) is 26.6. The van der Waals surface area contributed by atoms with Gasteiger partial charge in [0.05, 0.1) is 0 Å². The minimum absolute atomic E-state index is 0.00375. The maximum absolute atomic E-state index is 6.35. The molecule has 0 saturated carbocycles. The Balaban J connectivity index is 2.39. The van der Waals surface area contributed by atoms with Crippen LogP contribution in [0.25, 0.3) is 0 Å². The highest BCUT2D eigenvalue weighted by Gasteiger charge is 2.38. The molecule has 1 N–H and O–H groups in total. The molecule has 0 aromatic heterocycles. The molecule has 100 valence electrons. The molecule has 1 heterocycles. The summed E-state index contributed by atoms with van der Waals surface area (Å²) in [5.74, 6) is 1.03. The van der Waals surface area contributed by atoms with Crippen molar-refractivity contribution in [1.29, 1.82) is 0 Å². The fourth-order valence-corrected chi connectivity index (χ4v) is 3.24. The number of ether oxygens (including phenoxy) is 1. The van der Waals surface area contributed by atoms with Crippen LogP contribution in [0.3, 0.4) is 0 Å². The fourth-order valence-electron chi connectivity index (χ4n) is 2.90. The molecule has 0 bridgehead atoms. The first-order chi connectivity index (χ1) is 8.64. The number of halogens is 1. The molecule has 1 aromatic carbocycles. The van der Waals surface area contributed by atoms with E-state index in [2.05, 4.69) is 53.3 Å². The maximum atomic E-state index is 6.35. The van der Waals surface area contributed by atoms with Crippen LogP contribution < -0.4 is 10.1 Å². The lowest BCUT2D eigenvalue weighted by Crippen LogP contribution is -2.43. The lowest BCUT2D eigenvalue weighted by molar-refractivity contribution is 0.0188. The molecule has 2 unspecified atom stereocenters. The monoisotopic (exact) mass is 311 g/mol. The van der Waals surface area contributed by atoms with Gasteiger partial charge in [-0.1, -0.05) is 42.3 Å². The standard InChI is InChI=1S/C15H22BrNO/c1-4-8-15(5-2)10-13(17-3)12-7-6-11(16)9-14(12)18-15/h6-7,9,13,17H,4-5,8,10H2,1-3H3. The lowest BCUT2D eigenvalue weighted by atomic mass is 9.82. The number of fused-ring (bicyclic) bond motifs is 1. The van der Waals surface area contributed by atoms with Crippen LogP contribution in [-0.4, -0.2) is 12.6 Å². The molecule has 0 saturated heterocycles. The molecule has 18 heavy (non-hydrogen) atoms. The molecule has 0 aliphatic carbocycles. The molecule has 2 nitrogen and oxygen atoms in total. The van der Waals surface area contributed by atoms with Gasteiger partial charge in [-0.05, 0) is 32.0 Å². The summed E-state index contributed by atoms with van der Waals surface area (Å²) >= 11 is 3.53. The molecular weight excluding hydrogens is 290 g/mol. The van der Waals surface area contributed by atoms with Crippen molar-refractivity contribution in [2.24, 2.45) is 0 Å². The molecular formula is C15H22BrNO. The van der Waals surface area contributed by atoms with Gasteiger partial charge in [-0.2, -0.15) is 0 Å². The Hall–Kier alpha value is -0.540. The van der Waals surface area contributed by atoms with Crippen LogP contribution in [0.1, 0.15) is 51.1 Å². The van der Waals surface area contributed by atoms with Crippen LogP contribution in [0.5, 0.6) is 5.75 Å². The second-order valence-corrected chi connectivity index (χ2v) is 6.03. The Labute approximate surface area is 118 Å². The van der Waals surface area contributed by atoms with Crippen molar-refractivity contribution >= 4 is 15.9 Å². The van der Waals surface area contributed by atoms with Gasteiger partial charge < -0.3 is 10.1 Å². The Morgan fingerprint density at radius 1 is 1.44 bits per heavy atom. The summed E-state index contributed by atoms with van der Waals surface area (Å²) in [4.78, 5) is 0. The highest BCUT2D eigenvalue weighted by Crippen LogP contribution is 2.43. The Bertz CT molecular complexity index is 421. The smallest absolute Gasteiger partial charge is 0.126 e. The van der Waals surface area contributed by atoms with Crippen molar-refractivity contribution in [3.8, 4) is 5.75 Å². The van der Waals surface area contributed by atoms with Crippen molar-refractivity contribution in [1.82, 2.24) is 5.32 Å². The zero-order chi connectivity index (χ0) is 13.2. The van der Waals surface area contributed by atoms with Crippen LogP contribution in [-0.2, 0) is 0 Å². The third kappa shape index (κ3) is 2.57. The van der Waals surface area contributed by atoms with E-state index in [0.717, 1.165) is 35.9 Å². The van der Waals surface area contributed by atoms with E-state index < -0.39 is 0 Å². The Kier molecular flexibility index (Phi) is 4.33. The summed E-state index contributed by atoms with van der Waals surface area (Å²) < 4.78 is 7.43. The van der Waals surface area contributed by atoms with E-state index in [4.69, 9.17) is 4.74 Å². The largest absolute Gasteiger partial charge is 0.487 e. The summed E-state index contributed by atoms with van der Waals surface area (Å²) in [5.41, 5.74) is 1.27. The van der Waals surface area contributed by atoms with E-state index in [9.17, 15) is 0 Å². The summed E-state index contributed by atoms with van der Waals surface area (Å²) in [7, 11) is 2.04. The first-order valence-corrected chi connectivity index (χ1v) is 7.59. The van der Waals surface area contributed by atoms with Gasteiger partial charge in [0.2, 0.25) is 0 Å². The van der Waals surface area contributed by atoms with Gasteiger partial charge in [-0.15, -0.1) is 0 Å². The predicted octanol–water partition coefficient (Wildman–Crippen LogP) is 4.44. The zero-order valence-corrected chi connectivity index (χ0v) is 13.0. The van der Waals surface area contributed by atoms with Crippen molar-refractivity contribution in [3.05, 3.63) is 28.2 Å². The second-order valence-electron chi connectivity index (χ2n) is 5.12. The van der Waals surface area contributed by atoms with Gasteiger partial charge in [-0.3, -0.25) is 0 Å². The molecule has 0 amide bonds. The topological polar surface area (TPSA) is 21.3 Å². The fraction of sp³-hybridized carbons (Fsp3) is 0.600. The number of rotatable bonds is 4. The predicted molar refractivity (Wildman–Crippen MR) is 79.1 cm³/mol. The third-order valence-corrected chi connectivity index (χ3v) is 4.45. The summed E-state index contributed by atoms with van der Waals surface area (Å²) in [6, 6.07) is 6.74. The van der Waals surface area contributed by atoms with Crippen LogP contribution >= 0.6 is 15.9 Å². The highest BCUT2D eigenvalue weighted by molar-refractivity contribution is 9.10. The van der Waals surface area contributed by atoms with Crippen LogP contribution in [0, 0.1) is 0 Å². The van der Waals surface area contributed by atoms with E-state index >= 15 is 0 Å². The van der Waals surface area contributed by atoms with Gasteiger partial charge in [0.25, 0.3) is 0 Å². The first kappa shape index (κ1) is 13.9. The van der Waals surface area contributed by atoms with E-state index in [1.54, 1.807) is 0 Å². The number of nitrogens with one attached hydrogen (secondary N) is 1. The Morgan fingerprint density at radius 3 is 2.83 bits per heavy atom. The van der Waals surface area contributed by atoms with Crippen molar-refractivity contribution in [3.63, 3.8) is 0 Å². The minimum atomic E-state index is -0.00375. The van der Waals surface area contributed by atoms with Crippen molar-refractivity contribution in [2.75, 3.05) is 7.05 Å². The summed E-state index contributed by atoms with van der Waals surface area (Å²) in [6.07, 6.45) is 4.40. The van der Waals surface area contributed by atoms with Gasteiger partial charge in [0, 0.05) is 22.5 Å². The molecule has 1 aromatic rings. The van der Waals surface area contributed by atoms with E-state index in [0.29, 0.717) is 6.04 Å². The van der Waals surface area contributed by atoms with E-state index in [1.165, 1.54) is 5.56 Å². The highest BCUT2D eigenvalue weighted by atomic mass is 79.9. The molecule has 2 rings (SSSR count). The average molecular weight is 312 g/mol. The average Bonchev–Trinajstić information content (AvgIpc) is 2.37. The molecule has 1 aliphatic heterocycles.